The van der Waals surface area contributed by atoms with Crippen LogP contribution in [0.2, 0.25) is 0 Å². The van der Waals surface area contributed by atoms with E-state index in [2.05, 4.69) is 14.8 Å². The Labute approximate surface area is 117 Å². The van der Waals surface area contributed by atoms with Gasteiger partial charge in [-0.05, 0) is 12.8 Å². The molecular weight excluding hydrogens is 266 g/mol. The van der Waals surface area contributed by atoms with Crippen molar-refractivity contribution >= 4 is 17.8 Å². The third kappa shape index (κ3) is 4.48. The molecule has 1 rings (SSSR count). The van der Waals surface area contributed by atoms with Gasteiger partial charge in [0.25, 0.3) is 0 Å². The second kappa shape index (κ2) is 7.84. The van der Waals surface area contributed by atoms with Crippen LogP contribution in [0.5, 0.6) is 0 Å². The Kier molecular flexibility index (Phi) is 6.44. The number of hydrogen-bond donors (Lipinski definition) is 1. The van der Waals surface area contributed by atoms with Crippen molar-refractivity contribution < 1.29 is 28.6 Å². The fourth-order valence-corrected chi connectivity index (χ4v) is 2.04. The predicted octanol–water partition coefficient (Wildman–Crippen LogP) is -0.120. The van der Waals surface area contributed by atoms with Gasteiger partial charge in [0.15, 0.2) is 0 Å². The van der Waals surface area contributed by atoms with Gasteiger partial charge in [0.2, 0.25) is 5.91 Å². The summed E-state index contributed by atoms with van der Waals surface area (Å²) >= 11 is 0. The SMILES string of the molecule is COC(=O)[C@H](C[C@H](C)C(=O)OC)NC(=O)[C@@H]1CCOC1. The summed E-state index contributed by atoms with van der Waals surface area (Å²) in [6.07, 6.45) is 0.769. The highest BCUT2D eigenvalue weighted by Gasteiger charge is 2.31. The Morgan fingerprint density at radius 3 is 2.40 bits per heavy atom. The monoisotopic (exact) mass is 287 g/mol. The number of esters is 2. The highest BCUT2D eigenvalue weighted by Crippen LogP contribution is 2.14. The van der Waals surface area contributed by atoms with Gasteiger partial charge in [0.05, 0.1) is 32.7 Å². The lowest BCUT2D eigenvalue weighted by Crippen LogP contribution is -2.45. The largest absolute Gasteiger partial charge is 0.469 e. The molecule has 20 heavy (non-hydrogen) atoms. The first-order valence-electron chi connectivity index (χ1n) is 6.53. The highest BCUT2D eigenvalue weighted by molar-refractivity contribution is 5.86. The molecule has 0 unspecified atom stereocenters. The molecule has 7 heteroatoms. The van der Waals surface area contributed by atoms with Crippen molar-refractivity contribution in [2.24, 2.45) is 11.8 Å². The Bertz CT molecular complexity index is 364. The summed E-state index contributed by atoms with van der Waals surface area (Å²) in [4.78, 5) is 35.1. The van der Waals surface area contributed by atoms with E-state index < -0.39 is 23.9 Å². The molecule has 114 valence electrons. The summed E-state index contributed by atoms with van der Waals surface area (Å²) in [6, 6.07) is -0.859. The van der Waals surface area contributed by atoms with E-state index in [0.29, 0.717) is 19.6 Å². The number of ether oxygens (including phenoxy) is 3. The van der Waals surface area contributed by atoms with Crippen molar-refractivity contribution in [1.29, 1.82) is 0 Å². The van der Waals surface area contributed by atoms with Crippen LogP contribution < -0.4 is 5.32 Å². The lowest BCUT2D eigenvalue weighted by atomic mass is 10.0. The Morgan fingerprint density at radius 2 is 1.90 bits per heavy atom. The van der Waals surface area contributed by atoms with Crippen LogP contribution in [0.25, 0.3) is 0 Å². The van der Waals surface area contributed by atoms with Gasteiger partial charge in [0.1, 0.15) is 6.04 Å². The third-order valence-corrected chi connectivity index (χ3v) is 3.30. The summed E-state index contributed by atoms with van der Waals surface area (Å²) in [5.74, 6) is -2.03. The lowest BCUT2D eigenvalue weighted by Gasteiger charge is -2.20. The Hall–Kier alpha value is -1.63. The van der Waals surface area contributed by atoms with Crippen LogP contribution in [-0.4, -0.2) is 51.3 Å². The molecule has 0 aromatic rings. The molecule has 1 fully saturated rings. The summed E-state index contributed by atoms with van der Waals surface area (Å²) in [5, 5.41) is 2.62. The molecular formula is C13H21NO6. The van der Waals surface area contributed by atoms with Crippen LogP contribution in [-0.2, 0) is 28.6 Å². The highest BCUT2D eigenvalue weighted by atomic mass is 16.5. The van der Waals surface area contributed by atoms with Crippen LogP contribution in [0.15, 0.2) is 0 Å². The van der Waals surface area contributed by atoms with E-state index in [1.165, 1.54) is 14.2 Å². The number of carbonyl (C=O) groups excluding carboxylic acids is 3. The van der Waals surface area contributed by atoms with Crippen molar-refractivity contribution in [2.45, 2.75) is 25.8 Å². The fourth-order valence-electron chi connectivity index (χ4n) is 2.04. The molecule has 0 spiro atoms. The zero-order chi connectivity index (χ0) is 15.1. The minimum Gasteiger partial charge on any atom is -0.469 e. The quantitative estimate of drug-likeness (QED) is 0.685. The molecule has 0 radical (unpaired) electrons. The van der Waals surface area contributed by atoms with Crippen molar-refractivity contribution in [3.8, 4) is 0 Å². The minimum atomic E-state index is -0.859. The van der Waals surface area contributed by atoms with E-state index in [4.69, 9.17) is 4.74 Å². The van der Waals surface area contributed by atoms with Crippen LogP contribution >= 0.6 is 0 Å². The summed E-state index contributed by atoms with van der Waals surface area (Å²) < 4.78 is 14.4. The van der Waals surface area contributed by atoms with Gasteiger partial charge >= 0.3 is 11.9 Å². The van der Waals surface area contributed by atoms with Crippen molar-refractivity contribution in [2.75, 3.05) is 27.4 Å². The molecule has 0 aromatic heterocycles. The third-order valence-electron chi connectivity index (χ3n) is 3.30. The maximum Gasteiger partial charge on any atom is 0.328 e. The summed E-state index contributed by atoms with van der Waals surface area (Å²) in [7, 11) is 2.52. The number of hydrogen-bond acceptors (Lipinski definition) is 6. The van der Waals surface area contributed by atoms with E-state index in [1.807, 2.05) is 0 Å². The van der Waals surface area contributed by atoms with Gasteiger partial charge in [-0.2, -0.15) is 0 Å². The molecule has 1 N–H and O–H groups in total. The second-order valence-electron chi connectivity index (χ2n) is 4.80. The lowest BCUT2D eigenvalue weighted by molar-refractivity contribution is -0.149. The van der Waals surface area contributed by atoms with Gasteiger partial charge in [-0.3, -0.25) is 9.59 Å². The van der Waals surface area contributed by atoms with E-state index >= 15 is 0 Å². The van der Waals surface area contributed by atoms with E-state index in [-0.39, 0.29) is 18.2 Å². The van der Waals surface area contributed by atoms with Crippen molar-refractivity contribution in [3.05, 3.63) is 0 Å². The van der Waals surface area contributed by atoms with E-state index in [9.17, 15) is 14.4 Å². The fraction of sp³-hybridized carbons (Fsp3) is 0.769. The minimum absolute atomic E-state index is 0.138. The zero-order valence-corrected chi connectivity index (χ0v) is 12.0. The molecule has 0 aliphatic carbocycles. The molecule has 0 saturated carbocycles. The first-order chi connectivity index (χ1) is 9.49. The molecule has 1 aliphatic rings. The molecule has 1 aliphatic heterocycles. The van der Waals surface area contributed by atoms with Crippen molar-refractivity contribution in [1.82, 2.24) is 5.32 Å². The van der Waals surface area contributed by atoms with Crippen LogP contribution in [0.1, 0.15) is 19.8 Å². The number of carbonyl (C=O) groups is 3. The summed E-state index contributed by atoms with van der Waals surface area (Å²) in [5.41, 5.74) is 0. The molecule has 1 heterocycles. The number of rotatable bonds is 6. The molecule has 3 atom stereocenters. The average molecular weight is 287 g/mol. The van der Waals surface area contributed by atoms with Crippen LogP contribution in [0, 0.1) is 11.8 Å². The van der Waals surface area contributed by atoms with Crippen molar-refractivity contribution in [3.63, 3.8) is 0 Å². The second-order valence-corrected chi connectivity index (χ2v) is 4.80. The molecule has 0 bridgehead atoms. The average Bonchev–Trinajstić information content (AvgIpc) is 2.98. The van der Waals surface area contributed by atoms with Crippen LogP contribution in [0.4, 0.5) is 0 Å². The molecule has 1 amide bonds. The van der Waals surface area contributed by atoms with Gasteiger partial charge in [-0.25, -0.2) is 4.79 Å². The maximum absolute atomic E-state index is 12.0. The van der Waals surface area contributed by atoms with Gasteiger partial charge in [-0.1, -0.05) is 6.92 Å². The van der Waals surface area contributed by atoms with Gasteiger partial charge < -0.3 is 19.5 Å². The molecule has 7 nitrogen and oxygen atoms in total. The number of nitrogens with one attached hydrogen (secondary N) is 1. The maximum atomic E-state index is 12.0. The Morgan fingerprint density at radius 1 is 1.25 bits per heavy atom. The first kappa shape index (κ1) is 16.4. The van der Waals surface area contributed by atoms with Crippen LogP contribution in [0.3, 0.4) is 0 Å². The normalized spacial score (nSPS) is 20.9. The topological polar surface area (TPSA) is 90.9 Å². The molecule has 0 aromatic carbocycles. The standard InChI is InChI=1S/C13H21NO6/c1-8(12(16)18-2)6-10(13(17)19-3)14-11(15)9-4-5-20-7-9/h8-10H,4-7H2,1-3H3,(H,14,15)/t8-,9+,10-/m0/s1. The number of methoxy groups -OCH3 is 2. The first-order valence-corrected chi connectivity index (χ1v) is 6.53. The Balaban J connectivity index is 2.61. The van der Waals surface area contributed by atoms with E-state index in [1.54, 1.807) is 6.92 Å². The summed E-state index contributed by atoms with van der Waals surface area (Å²) in [6.45, 7) is 2.53. The molecule has 1 saturated heterocycles. The smallest absolute Gasteiger partial charge is 0.328 e. The van der Waals surface area contributed by atoms with E-state index in [0.717, 1.165) is 0 Å². The predicted molar refractivity (Wildman–Crippen MR) is 68.7 cm³/mol. The van der Waals surface area contributed by atoms with Gasteiger partial charge in [0, 0.05) is 6.61 Å². The number of amides is 1. The van der Waals surface area contributed by atoms with Gasteiger partial charge in [-0.15, -0.1) is 0 Å². The zero-order valence-electron chi connectivity index (χ0n) is 12.0.